The van der Waals surface area contributed by atoms with Crippen molar-refractivity contribution < 1.29 is 13.9 Å². The maximum atomic E-state index is 13.0. The summed E-state index contributed by atoms with van der Waals surface area (Å²) < 4.78 is 25.4. The van der Waals surface area contributed by atoms with E-state index in [9.17, 15) is 4.39 Å². The first kappa shape index (κ1) is 20.7. The first-order valence-electron chi connectivity index (χ1n) is 7.67. The van der Waals surface area contributed by atoms with Crippen LogP contribution in [0.5, 0.6) is 11.5 Å². The molecule has 3 nitrogen and oxygen atoms in total. The lowest BCUT2D eigenvalue weighted by atomic mass is 10.2. The highest BCUT2D eigenvalue weighted by Crippen LogP contribution is 2.37. The molecule has 0 aliphatic heterocycles. The molecule has 0 fully saturated rings. The Morgan fingerprint density at radius 3 is 2.38 bits per heavy atom. The molecule has 6 heteroatoms. The van der Waals surface area contributed by atoms with Crippen molar-refractivity contribution in [3.8, 4) is 11.5 Å². The van der Waals surface area contributed by atoms with Gasteiger partial charge in [-0.3, -0.25) is 0 Å². The van der Waals surface area contributed by atoms with Gasteiger partial charge < -0.3 is 14.8 Å². The van der Waals surface area contributed by atoms with Gasteiger partial charge in [0.2, 0.25) is 0 Å². The molecule has 132 valence electrons. The predicted molar refractivity (Wildman–Crippen MR) is 101 cm³/mol. The molecule has 0 bridgehead atoms. The minimum absolute atomic E-state index is 0. The summed E-state index contributed by atoms with van der Waals surface area (Å²) in [5, 5.41) is 3.29. The fourth-order valence-electron chi connectivity index (χ4n) is 2.13. The molecule has 0 aromatic heterocycles. The molecular formula is C18H22BrClFNO2. The zero-order valence-corrected chi connectivity index (χ0v) is 16.2. The standard InChI is InChI=1S/C18H21BrFNO2.ClH/c1-3-21-11-14-9-16(19)18(17(10-14)22-4-2)23-12-13-5-7-15(20)8-6-13;/h5-10,21H,3-4,11-12H2,1-2H3;1H. The fourth-order valence-corrected chi connectivity index (χ4v) is 2.74. The number of halogens is 3. The van der Waals surface area contributed by atoms with Crippen molar-refractivity contribution in [1.29, 1.82) is 0 Å². The summed E-state index contributed by atoms with van der Waals surface area (Å²) >= 11 is 3.55. The summed E-state index contributed by atoms with van der Waals surface area (Å²) in [7, 11) is 0. The first-order valence-corrected chi connectivity index (χ1v) is 8.46. The van der Waals surface area contributed by atoms with E-state index in [1.54, 1.807) is 12.1 Å². The summed E-state index contributed by atoms with van der Waals surface area (Å²) in [6.45, 7) is 6.60. The second kappa shape index (κ2) is 10.5. The highest BCUT2D eigenvalue weighted by atomic mass is 79.9. The Bertz CT molecular complexity index is 638. The summed E-state index contributed by atoms with van der Waals surface area (Å²) in [5.74, 6) is 1.12. The minimum Gasteiger partial charge on any atom is -0.490 e. The van der Waals surface area contributed by atoms with Crippen LogP contribution in [0.25, 0.3) is 0 Å². The minimum atomic E-state index is -0.252. The van der Waals surface area contributed by atoms with E-state index in [1.807, 2.05) is 19.1 Å². The third kappa shape index (κ3) is 5.96. The summed E-state index contributed by atoms with van der Waals surface area (Å²) in [6, 6.07) is 10.3. The normalized spacial score (nSPS) is 10.2. The Labute approximate surface area is 157 Å². The van der Waals surface area contributed by atoms with Crippen LogP contribution in [0.1, 0.15) is 25.0 Å². The third-order valence-electron chi connectivity index (χ3n) is 3.24. The molecule has 0 atom stereocenters. The van der Waals surface area contributed by atoms with Crippen molar-refractivity contribution >= 4 is 28.3 Å². The lowest BCUT2D eigenvalue weighted by Gasteiger charge is -2.16. The van der Waals surface area contributed by atoms with Gasteiger partial charge in [0.05, 0.1) is 11.1 Å². The van der Waals surface area contributed by atoms with Crippen LogP contribution in [0.3, 0.4) is 0 Å². The van der Waals surface area contributed by atoms with Crippen LogP contribution in [-0.4, -0.2) is 13.2 Å². The van der Waals surface area contributed by atoms with E-state index >= 15 is 0 Å². The third-order valence-corrected chi connectivity index (χ3v) is 3.83. The van der Waals surface area contributed by atoms with Crippen LogP contribution in [0, 0.1) is 5.82 Å². The number of hydrogen-bond donors (Lipinski definition) is 1. The molecule has 0 unspecified atom stereocenters. The van der Waals surface area contributed by atoms with Gasteiger partial charge in [-0.1, -0.05) is 19.1 Å². The highest BCUT2D eigenvalue weighted by Gasteiger charge is 2.12. The lowest BCUT2D eigenvalue weighted by molar-refractivity contribution is 0.267. The zero-order valence-electron chi connectivity index (χ0n) is 13.8. The van der Waals surface area contributed by atoms with Crippen LogP contribution in [0.4, 0.5) is 4.39 Å². The van der Waals surface area contributed by atoms with E-state index in [1.165, 1.54) is 12.1 Å². The van der Waals surface area contributed by atoms with E-state index in [4.69, 9.17) is 9.47 Å². The molecular weight excluding hydrogens is 397 g/mol. The van der Waals surface area contributed by atoms with Crippen molar-refractivity contribution in [2.24, 2.45) is 0 Å². The van der Waals surface area contributed by atoms with Crippen LogP contribution in [0.2, 0.25) is 0 Å². The van der Waals surface area contributed by atoms with Crippen LogP contribution in [-0.2, 0) is 13.2 Å². The van der Waals surface area contributed by atoms with Crippen LogP contribution in [0.15, 0.2) is 40.9 Å². The molecule has 0 saturated heterocycles. The Morgan fingerprint density at radius 1 is 1.04 bits per heavy atom. The summed E-state index contributed by atoms with van der Waals surface area (Å²) in [4.78, 5) is 0. The van der Waals surface area contributed by atoms with Crippen LogP contribution < -0.4 is 14.8 Å². The van der Waals surface area contributed by atoms with Gasteiger partial charge in [-0.25, -0.2) is 4.39 Å². The van der Waals surface area contributed by atoms with Gasteiger partial charge in [-0.05, 0) is 64.8 Å². The monoisotopic (exact) mass is 417 g/mol. The molecule has 0 radical (unpaired) electrons. The van der Waals surface area contributed by atoms with Crippen molar-refractivity contribution in [2.75, 3.05) is 13.2 Å². The predicted octanol–water partition coefficient (Wildman–Crippen LogP) is 5.10. The Hall–Kier alpha value is -1.30. The average Bonchev–Trinajstić information content (AvgIpc) is 2.54. The lowest BCUT2D eigenvalue weighted by Crippen LogP contribution is -2.12. The van der Waals surface area contributed by atoms with Gasteiger partial charge in [0, 0.05) is 6.54 Å². The molecule has 2 rings (SSSR count). The maximum absolute atomic E-state index is 13.0. The molecule has 0 amide bonds. The van der Waals surface area contributed by atoms with Gasteiger partial charge in [-0.2, -0.15) is 0 Å². The van der Waals surface area contributed by atoms with Gasteiger partial charge >= 0.3 is 0 Å². The number of nitrogens with one attached hydrogen (secondary N) is 1. The highest BCUT2D eigenvalue weighted by molar-refractivity contribution is 9.10. The molecule has 0 aliphatic carbocycles. The van der Waals surface area contributed by atoms with E-state index in [2.05, 4.69) is 28.2 Å². The largest absolute Gasteiger partial charge is 0.490 e. The van der Waals surface area contributed by atoms with E-state index in [0.717, 1.165) is 28.7 Å². The second-order valence-corrected chi connectivity index (χ2v) is 5.89. The Morgan fingerprint density at radius 2 is 1.75 bits per heavy atom. The van der Waals surface area contributed by atoms with Gasteiger partial charge in [0.1, 0.15) is 12.4 Å². The van der Waals surface area contributed by atoms with Crippen molar-refractivity contribution in [3.05, 3.63) is 57.8 Å². The molecule has 0 aliphatic rings. The summed E-state index contributed by atoms with van der Waals surface area (Å²) in [6.07, 6.45) is 0. The quantitative estimate of drug-likeness (QED) is 0.647. The van der Waals surface area contributed by atoms with E-state index in [-0.39, 0.29) is 18.2 Å². The second-order valence-electron chi connectivity index (χ2n) is 5.03. The number of ether oxygens (including phenoxy) is 2. The van der Waals surface area contributed by atoms with Crippen LogP contribution >= 0.6 is 28.3 Å². The van der Waals surface area contributed by atoms with Gasteiger partial charge in [0.15, 0.2) is 11.5 Å². The SMILES string of the molecule is CCNCc1cc(Br)c(OCc2ccc(F)cc2)c(OCC)c1.Cl. The molecule has 2 aromatic rings. The first-order chi connectivity index (χ1) is 11.1. The van der Waals surface area contributed by atoms with E-state index in [0.29, 0.717) is 24.7 Å². The molecule has 24 heavy (non-hydrogen) atoms. The topological polar surface area (TPSA) is 30.5 Å². The van der Waals surface area contributed by atoms with Gasteiger partial charge in [0.25, 0.3) is 0 Å². The number of benzene rings is 2. The zero-order chi connectivity index (χ0) is 16.7. The van der Waals surface area contributed by atoms with Crippen molar-refractivity contribution in [1.82, 2.24) is 5.32 Å². The number of rotatable bonds is 8. The summed E-state index contributed by atoms with van der Waals surface area (Å²) in [5.41, 5.74) is 2.02. The average molecular weight is 419 g/mol. The smallest absolute Gasteiger partial charge is 0.175 e. The van der Waals surface area contributed by atoms with E-state index < -0.39 is 0 Å². The van der Waals surface area contributed by atoms with Crippen molar-refractivity contribution in [2.45, 2.75) is 27.0 Å². The molecule has 0 heterocycles. The maximum Gasteiger partial charge on any atom is 0.175 e. The molecule has 0 spiro atoms. The Balaban J connectivity index is 0.00000288. The Kier molecular flexibility index (Phi) is 9.11. The van der Waals surface area contributed by atoms with Crippen molar-refractivity contribution in [3.63, 3.8) is 0 Å². The number of hydrogen-bond acceptors (Lipinski definition) is 3. The van der Waals surface area contributed by atoms with Gasteiger partial charge in [-0.15, -0.1) is 12.4 Å². The molecule has 0 saturated carbocycles. The molecule has 1 N–H and O–H groups in total. The fraction of sp³-hybridized carbons (Fsp3) is 0.333. The molecule has 2 aromatic carbocycles.